The lowest BCUT2D eigenvalue weighted by Crippen LogP contribution is -2.29. The van der Waals surface area contributed by atoms with Crippen molar-refractivity contribution in [3.63, 3.8) is 0 Å². The minimum atomic E-state index is 0.432. The highest BCUT2D eigenvalue weighted by atomic mass is 14.5. The van der Waals surface area contributed by atoms with Crippen LogP contribution in [0.3, 0.4) is 0 Å². The molecular formula is C17H25. The fraction of sp³-hybridized carbons (Fsp3) is 0.588. The Hall–Kier alpha value is -0.780. The van der Waals surface area contributed by atoms with Gasteiger partial charge in [0.1, 0.15) is 0 Å². The second-order valence-electron chi connectivity index (χ2n) is 6.18. The van der Waals surface area contributed by atoms with Gasteiger partial charge in [0.25, 0.3) is 0 Å². The minimum absolute atomic E-state index is 0.432. The Labute approximate surface area is 106 Å². The smallest absolute Gasteiger partial charge is 0.00159 e. The van der Waals surface area contributed by atoms with Crippen LogP contribution in [0.4, 0.5) is 0 Å². The van der Waals surface area contributed by atoms with E-state index in [1.165, 1.54) is 25.7 Å². The highest BCUT2D eigenvalue weighted by molar-refractivity contribution is 5.32. The predicted octanol–water partition coefficient (Wildman–Crippen LogP) is 5.10. The maximum Gasteiger partial charge on any atom is 0.00159 e. The Morgan fingerprint density at radius 2 is 2.12 bits per heavy atom. The Morgan fingerprint density at radius 1 is 1.35 bits per heavy atom. The van der Waals surface area contributed by atoms with Crippen LogP contribution in [-0.2, 0) is 0 Å². The van der Waals surface area contributed by atoms with Gasteiger partial charge in [-0.1, -0.05) is 50.3 Å². The standard InChI is InChI=1S/C17H25/c1-5-6-10-14-12-16(14)17(3,4)15-11-8-7-9-13(15)2/h5-6,9-10,15-16H,1,7-8,11-12H2,2-4H3/b10-6-. The molecule has 0 aromatic heterocycles. The van der Waals surface area contributed by atoms with Crippen LogP contribution in [0.25, 0.3) is 0 Å². The molecule has 0 heteroatoms. The van der Waals surface area contributed by atoms with E-state index in [1.54, 1.807) is 11.5 Å². The van der Waals surface area contributed by atoms with Gasteiger partial charge in [-0.15, -0.1) is 0 Å². The number of hydrogen-bond acceptors (Lipinski definition) is 0. The Balaban J connectivity index is 2.04. The summed E-state index contributed by atoms with van der Waals surface area (Å²) in [4.78, 5) is 0. The second-order valence-corrected chi connectivity index (χ2v) is 6.18. The summed E-state index contributed by atoms with van der Waals surface area (Å²) in [5.74, 6) is 3.20. The van der Waals surface area contributed by atoms with Crippen LogP contribution in [0, 0.1) is 23.2 Å². The number of allylic oxidation sites excluding steroid dienone is 5. The Morgan fingerprint density at radius 3 is 2.76 bits per heavy atom. The molecule has 2 aliphatic rings. The summed E-state index contributed by atoms with van der Waals surface area (Å²) < 4.78 is 0. The van der Waals surface area contributed by atoms with Crippen molar-refractivity contribution in [2.24, 2.45) is 17.3 Å². The fourth-order valence-electron chi connectivity index (χ4n) is 3.52. The van der Waals surface area contributed by atoms with Crippen LogP contribution in [0.2, 0.25) is 0 Å². The van der Waals surface area contributed by atoms with E-state index in [9.17, 15) is 0 Å². The van der Waals surface area contributed by atoms with Crippen LogP contribution in [0.5, 0.6) is 0 Å². The summed E-state index contributed by atoms with van der Waals surface area (Å²) in [7, 11) is 0. The Bertz CT molecular complexity index is 343. The van der Waals surface area contributed by atoms with Gasteiger partial charge in [-0.05, 0) is 49.9 Å². The Kier molecular flexibility index (Phi) is 3.61. The van der Waals surface area contributed by atoms with Crippen LogP contribution < -0.4 is 0 Å². The first kappa shape index (κ1) is 12.7. The van der Waals surface area contributed by atoms with E-state index >= 15 is 0 Å². The molecule has 0 amide bonds. The first-order valence-corrected chi connectivity index (χ1v) is 6.89. The van der Waals surface area contributed by atoms with Crippen LogP contribution >= 0.6 is 0 Å². The van der Waals surface area contributed by atoms with Gasteiger partial charge >= 0.3 is 0 Å². The summed E-state index contributed by atoms with van der Waals surface area (Å²) in [6, 6.07) is 0. The SMILES string of the molecule is C=C/C=C\[C]1CC1C(C)(C)C1CCCC=C1C. The van der Waals surface area contributed by atoms with E-state index < -0.39 is 0 Å². The monoisotopic (exact) mass is 229 g/mol. The zero-order valence-electron chi connectivity index (χ0n) is 11.5. The molecule has 1 saturated carbocycles. The summed E-state index contributed by atoms with van der Waals surface area (Å²) in [6.45, 7) is 11.0. The normalized spacial score (nSPS) is 30.4. The molecule has 0 nitrogen and oxygen atoms in total. The van der Waals surface area contributed by atoms with E-state index in [0.29, 0.717) is 5.41 Å². The molecule has 0 heterocycles. The lowest BCUT2D eigenvalue weighted by atomic mass is 9.67. The molecule has 0 bridgehead atoms. The van der Waals surface area contributed by atoms with Gasteiger partial charge in [0.05, 0.1) is 0 Å². The van der Waals surface area contributed by atoms with Crippen LogP contribution in [-0.4, -0.2) is 0 Å². The molecule has 2 unspecified atom stereocenters. The lowest BCUT2D eigenvalue weighted by Gasteiger charge is -2.38. The van der Waals surface area contributed by atoms with Crippen molar-refractivity contribution in [1.82, 2.24) is 0 Å². The second kappa shape index (κ2) is 4.84. The molecule has 93 valence electrons. The van der Waals surface area contributed by atoms with Gasteiger partial charge in [0.2, 0.25) is 0 Å². The van der Waals surface area contributed by atoms with E-state index in [2.05, 4.69) is 45.6 Å². The summed E-state index contributed by atoms with van der Waals surface area (Å²) >= 11 is 0. The van der Waals surface area contributed by atoms with Gasteiger partial charge in [-0.25, -0.2) is 0 Å². The van der Waals surface area contributed by atoms with Gasteiger partial charge in [-0.3, -0.25) is 0 Å². The molecular weight excluding hydrogens is 204 g/mol. The molecule has 0 aliphatic heterocycles. The molecule has 0 aromatic carbocycles. The van der Waals surface area contributed by atoms with E-state index in [0.717, 1.165) is 11.8 Å². The average Bonchev–Trinajstić information content (AvgIpc) is 3.06. The van der Waals surface area contributed by atoms with Crippen molar-refractivity contribution in [2.45, 2.75) is 46.5 Å². The van der Waals surface area contributed by atoms with Gasteiger partial charge in [0.15, 0.2) is 0 Å². The van der Waals surface area contributed by atoms with Gasteiger partial charge in [-0.2, -0.15) is 0 Å². The number of hydrogen-bond donors (Lipinski definition) is 0. The van der Waals surface area contributed by atoms with E-state index in [1.807, 2.05) is 6.08 Å². The van der Waals surface area contributed by atoms with E-state index in [-0.39, 0.29) is 0 Å². The highest BCUT2D eigenvalue weighted by Gasteiger charge is 2.50. The van der Waals surface area contributed by atoms with Crippen molar-refractivity contribution < 1.29 is 0 Å². The van der Waals surface area contributed by atoms with Crippen LogP contribution in [0.15, 0.2) is 36.5 Å². The molecule has 1 radical (unpaired) electrons. The van der Waals surface area contributed by atoms with Crippen molar-refractivity contribution >= 4 is 0 Å². The number of rotatable bonds is 4. The fourth-order valence-corrected chi connectivity index (χ4v) is 3.52. The highest BCUT2D eigenvalue weighted by Crippen LogP contribution is 2.59. The molecule has 2 atom stereocenters. The van der Waals surface area contributed by atoms with Crippen molar-refractivity contribution in [3.8, 4) is 0 Å². The maximum absolute atomic E-state index is 3.74. The summed E-state index contributed by atoms with van der Waals surface area (Å²) in [6.07, 6.45) is 14.0. The van der Waals surface area contributed by atoms with Gasteiger partial charge in [0, 0.05) is 5.92 Å². The third kappa shape index (κ3) is 2.56. The zero-order valence-corrected chi connectivity index (χ0v) is 11.5. The molecule has 0 aromatic rings. The summed E-state index contributed by atoms with van der Waals surface area (Å²) in [5, 5.41) is 0. The van der Waals surface area contributed by atoms with Crippen molar-refractivity contribution in [2.75, 3.05) is 0 Å². The molecule has 0 saturated heterocycles. The van der Waals surface area contributed by atoms with Crippen molar-refractivity contribution in [1.29, 1.82) is 0 Å². The first-order chi connectivity index (χ1) is 8.07. The molecule has 17 heavy (non-hydrogen) atoms. The lowest BCUT2D eigenvalue weighted by molar-refractivity contribution is 0.191. The largest absolute Gasteiger partial charge is 0.0991 e. The maximum atomic E-state index is 3.74. The van der Waals surface area contributed by atoms with Crippen LogP contribution in [0.1, 0.15) is 46.5 Å². The first-order valence-electron chi connectivity index (χ1n) is 6.89. The molecule has 0 N–H and O–H groups in total. The quantitative estimate of drug-likeness (QED) is 0.465. The predicted molar refractivity (Wildman–Crippen MR) is 75.6 cm³/mol. The molecule has 0 spiro atoms. The summed E-state index contributed by atoms with van der Waals surface area (Å²) in [5.41, 5.74) is 2.06. The topological polar surface area (TPSA) is 0 Å². The minimum Gasteiger partial charge on any atom is -0.0991 e. The molecule has 2 rings (SSSR count). The zero-order chi connectivity index (χ0) is 12.5. The third-order valence-corrected chi connectivity index (χ3v) is 4.68. The van der Waals surface area contributed by atoms with E-state index in [4.69, 9.17) is 0 Å². The molecule has 2 aliphatic carbocycles. The third-order valence-electron chi connectivity index (χ3n) is 4.68. The average molecular weight is 229 g/mol. The van der Waals surface area contributed by atoms with Gasteiger partial charge < -0.3 is 0 Å². The van der Waals surface area contributed by atoms with Crippen molar-refractivity contribution in [3.05, 3.63) is 42.4 Å². The molecule has 1 fully saturated rings.